The normalized spacial score (nSPS) is 22.8. The van der Waals surface area contributed by atoms with E-state index in [-0.39, 0.29) is 35.7 Å². The lowest BCUT2D eigenvalue weighted by molar-refractivity contribution is -0.384. The Bertz CT molecular complexity index is 1830. The number of hydrazone groups is 1. The van der Waals surface area contributed by atoms with Crippen LogP contribution in [0.2, 0.25) is 0 Å². The third-order valence-corrected chi connectivity index (χ3v) is 9.48. The highest BCUT2D eigenvalue weighted by Crippen LogP contribution is 2.63. The molecule has 0 aromatic heterocycles. The standard InChI is InChI=1S/C33H24IN5O5/c34-19-9-11-20(12-10-19)35-17-27(40)37-36-18-33-25-7-3-1-5-23(25)28(24-6-2-4-8-26(24)33)29-30(33)32(42)38(31(29)41)21-13-15-22(16-14-21)39(43)44/h1-16,18,28-30,35H,17H2,(H,37,40)/b36-18-/t28?,29-,30+,33?/m1/s1. The van der Waals surface area contributed by atoms with Gasteiger partial charge >= 0.3 is 0 Å². The molecule has 1 aliphatic heterocycles. The first-order valence-electron chi connectivity index (χ1n) is 13.9. The summed E-state index contributed by atoms with van der Waals surface area (Å²) in [5.41, 5.74) is 5.95. The second-order valence-electron chi connectivity index (χ2n) is 11.0. The molecule has 218 valence electrons. The number of imide groups is 1. The molecule has 2 N–H and O–H groups in total. The molecule has 1 heterocycles. The van der Waals surface area contributed by atoms with E-state index in [9.17, 15) is 24.5 Å². The van der Waals surface area contributed by atoms with Crippen LogP contribution in [0.5, 0.6) is 0 Å². The zero-order chi connectivity index (χ0) is 30.6. The highest BCUT2D eigenvalue weighted by Gasteiger charge is 2.68. The summed E-state index contributed by atoms with van der Waals surface area (Å²) in [5.74, 6) is -3.10. The highest BCUT2D eigenvalue weighted by molar-refractivity contribution is 14.1. The van der Waals surface area contributed by atoms with Crippen LogP contribution in [-0.4, -0.2) is 35.4 Å². The summed E-state index contributed by atoms with van der Waals surface area (Å²) in [6.07, 6.45) is 1.60. The maximum absolute atomic E-state index is 14.4. The number of rotatable bonds is 7. The predicted octanol–water partition coefficient (Wildman–Crippen LogP) is 4.96. The molecule has 2 atom stereocenters. The number of amides is 3. The zero-order valence-corrected chi connectivity index (χ0v) is 25.2. The Morgan fingerprint density at radius 1 is 0.909 bits per heavy atom. The Balaban J connectivity index is 1.28. The Morgan fingerprint density at radius 2 is 1.52 bits per heavy atom. The first-order chi connectivity index (χ1) is 21.3. The summed E-state index contributed by atoms with van der Waals surface area (Å²) in [6, 6.07) is 28.5. The van der Waals surface area contributed by atoms with Crippen LogP contribution in [0.25, 0.3) is 0 Å². The summed E-state index contributed by atoms with van der Waals surface area (Å²) < 4.78 is 1.08. The largest absolute Gasteiger partial charge is 0.376 e. The number of halogens is 1. The molecule has 3 aliphatic carbocycles. The Hall–Kier alpha value is -4.91. The molecule has 44 heavy (non-hydrogen) atoms. The molecular weight excluding hydrogens is 673 g/mol. The van der Waals surface area contributed by atoms with Crippen LogP contribution in [0.3, 0.4) is 0 Å². The van der Waals surface area contributed by atoms with Crippen molar-refractivity contribution in [2.45, 2.75) is 11.3 Å². The second-order valence-corrected chi connectivity index (χ2v) is 12.2. The van der Waals surface area contributed by atoms with Crippen molar-refractivity contribution in [1.82, 2.24) is 5.43 Å². The lowest BCUT2D eigenvalue weighted by Gasteiger charge is -2.52. The summed E-state index contributed by atoms with van der Waals surface area (Å²) in [5, 5.41) is 18.7. The van der Waals surface area contributed by atoms with Gasteiger partial charge in [-0.3, -0.25) is 24.5 Å². The Labute approximate surface area is 265 Å². The lowest BCUT2D eigenvalue weighted by atomic mass is 9.47. The van der Waals surface area contributed by atoms with E-state index < -0.39 is 28.1 Å². The summed E-state index contributed by atoms with van der Waals surface area (Å²) in [6.45, 7) is -0.0163. The number of benzene rings is 4. The first-order valence-corrected chi connectivity index (χ1v) is 15.0. The molecule has 4 aromatic carbocycles. The summed E-state index contributed by atoms with van der Waals surface area (Å²) in [4.78, 5) is 53.2. The van der Waals surface area contributed by atoms with E-state index in [0.717, 1.165) is 36.4 Å². The molecule has 0 unspecified atom stereocenters. The molecule has 3 amide bonds. The highest BCUT2D eigenvalue weighted by atomic mass is 127. The third-order valence-electron chi connectivity index (χ3n) is 8.76. The maximum Gasteiger partial charge on any atom is 0.269 e. The van der Waals surface area contributed by atoms with Crippen LogP contribution < -0.4 is 15.6 Å². The lowest BCUT2D eigenvalue weighted by Crippen LogP contribution is -2.54. The predicted molar refractivity (Wildman–Crippen MR) is 172 cm³/mol. The van der Waals surface area contributed by atoms with Crippen molar-refractivity contribution in [2.75, 3.05) is 16.8 Å². The van der Waals surface area contributed by atoms with E-state index in [2.05, 4.69) is 38.4 Å². The van der Waals surface area contributed by atoms with Crippen LogP contribution in [0.1, 0.15) is 28.2 Å². The fourth-order valence-corrected chi connectivity index (χ4v) is 7.38. The molecule has 4 aliphatic rings. The third kappa shape index (κ3) is 4.21. The molecule has 1 saturated heterocycles. The van der Waals surface area contributed by atoms with E-state index in [1.165, 1.54) is 24.3 Å². The molecule has 11 heteroatoms. The van der Waals surface area contributed by atoms with Gasteiger partial charge in [-0.2, -0.15) is 5.10 Å². The minimum absolute atomic E-state index is 0.0163. The van der Waals surface area contributed by atoms with Gasteiger partial charge in [-0.15, -0.1) is 0 Å². The van der Waals surface area contributed by atoms with Crippen LogP contribution in [0, 0.1) is 25.5 Å². The van der Waals surface area contributed by atoms with Crippen LogP contribution in [0.4, 0.5) is 17.1 Å². The first kappa shape index (κ1) is 27.9. The van der Waals surface area contributed by atoms with Gasteiger partial charge in [0, 0.05) is 33.5 Å². The Kier molecular flexibility index (Phi) is 6.76. The molecule has 0 saturated carbocycles. The minimum atomic E-state index is -1.15. The molecule has 10 nitrogen and oxygen atoms in total. The fourth-order valence-electron chi connectivity index (χ4n) is 7.02. The van der Waals surface area contributed by atoms with Gasteiger partial charge in [-0.1, -0.05) is 48.5 Å². The van der Waals surface area contributed by atoms with Crippen molar-refractivity contribution >= 4 is 63.6 Å². The quantitative estimate of drug-likeness (QED) is 0.0922. The van der Waals surface area contributed by atoms with Gasteiger partial charge in [-0.25, -0.2) is 10.3 Å². The van der Waals surface area contributed by atoms with Gasteiger partial charge in [-0.05, 0) is 81.2 Å². The van der Waals surface area contributed by atoms with Gasteiger partial charge in [0.25, 0.3) is 11.6 Å². The van der Waals surface area contributed by atoms with Crippen molar-refractivity contribution in [3.05, 3.63) is 133 Å². The molecule has 4 aromatic rings. The van der Waals surface area contributed by atoms with E-state index >= 15 is 0 Å². The zero-order valence-electron chi connectivity index (χ0n) is 23.0. The molecular formula is C33H24IN5O5. The van der Waals surface area contributed by atoms with E-state index in [0.29, 0.717) is 0 Å². The van der Waals surface area contributed by atoms with Crippen LogP contribution in [0.15, 0.2) is 102 Å². The van der Waals surface area contributed by atoms with Crippen molar-refractivity contribution in [3.8, 4) is 0 Å². The van der Waals surface area contributed by atoms with Crippen molar-refractivity contribution in [2.24, 2.45) is 16.9 Å². The molecule has 0 spiro atoms. The molecule has 0 radical (unpaired) electrons. The number of carbonyl (C=O) groups is 3. The monoisotopic (exact) mass is 697 g/mol. The summed E-state index contributed by atoms with van der Waals surface area (Å²) in [7, 11) is 0. The van der Waals surface area contributed by atoms with Gasteiger partial charge in [0.05, 0.1) is 34.4 Å². The van der Waals surface area contributed by atoms with Gasteiger partial charge in [0.1, 0.15) is 0 Å². The van der Waals surface area contributed by atoms with Crippen LogP contribution >= 0.6 is 22.6 Å². The molecule has 2 bridgehead atoms. The van der Waals surface area contributed by atoms with Crippen molar-refractivity contribution < 1.29 is 19.3 Å². The smallest absolute Gasteiger partial charge is 0.269 e. The number of hydrogen-bond acceptors (Lipinski definition) is 7. The molecule has 8 rings (SSSR count). The van der Waals surface area contributed by atoms with Gasteiger partial charge < -0.3 is 5.32 Å². The molecule has 1 fully saturated rings. The number of nitrogens with zero attached hydrogens (tertiary/aromatic N) is 3. The van der Waals surface area contributed by atoms with Crippen molar-refractivity contribution in [1.29, 1.82) is 0 Å². The van der Waals surface area contributed by atoms with E-state index in [4.69, 9.17) is 0 Å². The van der Waals surface area contributed by atoms with Gasteiger partial charge in [0.2, 0.25) is 11.8 Å². The topological polar surface area (TPSA) is 134 Å². The number of nitrogens with one attached hydrogen (secondary N) is 2. The fraction of sp³-hybridized carbons (Fsp3) is 0.152. The SMILES string of the molecule is O=C(CNc1ccc(I)cc1)N/N=C\C12c3ccccc3C(c3ccccc31)[C@H]1C(=O)N(c3ccc([N+](=O)[O-])cc3)C(=O)[C@H]12. The maximum atomic E-state index is 14.4. The average molecular weight is 697 g/mol. The number of nitro groups is 1. The number of non-ortho nitro benzene ring substituents is 1. The number of carbonyl (C=O) groups excluding carboxylic acids is 3. The van der Waals surface area contributed by atoms with E-state index in [1.54, 1.807) is 6.21 Å². The number of hydrogen-bond donors (Lipinski definition) is 2. The summed E-state index contributed by atoms with van der Waals surface area (Å²) >= 11 is 2.21. The van der Waals surface area contributed by atoms with Gasteiger partial charge in [0.15, 0.2) is 0 Å². The van der Waals surface area contributed by atoms with Crippen LogP contribution in [-0.2, 0) is 19.8 Å². The average Bonchev–Trinajstić information content (AvgIpc) is 3.31. The van der Waals surface area contributed by atoms with E-state index in [1.807, 2.05) is 72.8 Å². The number of nitro benzene ring substituents is 1. The Morgan fingerprint density at radius 3 is 2.14 bits per heavy atom. The minimum Gasteiger partial charge on any atom is -0.376 e. The second kappa shape index (κ2) is 10.7. The number of anilines is 2. The van der Waals surface area contributed by atoms with Crippen molar-refractivity contribution in [3.63, 3.8) is 0 Å².